The van der Waals surface area contributed by atoms with Crippen molar-refractivity contribution in [1.29, 1.82) is 0 Å². The summed E-state index contributed by atoms with van der Waals surface area (Å²) >= 11 is 0. The van der Waals surface area contributed by atoms with Crippen LogP contribution in [0.1, 0.15) is 39.6 Å². The van der Waals surface area contributed by atoms with Gasteiger partial charge in [-0.15, -0.1) is 0 Å². The average molecular weight is 436 g/mol. The number of nitrogens with one attached hydrogen (secondary N) is 1. The van der Waals surface area contributed by atoms with Crippen molar-refractivity contribution in [1.82, 2.24) is 0 Å². The number of aryl methyl sites for hydroxylation is 2. The van der Waals surface area contributed by atoms with Crippen LogP contribution in [0.2, 0.25) is 0 Å². The molecule has 2 aromatic carbocycles. The van der Waals surface area contributed by atoms with E-state index in [0.29, 0.717) is 30.4 Å². The molecule has 1 saturated heterocycles. The maximum absolute atomic E-state index is 12.6. The maximum Gasteiger partial charge on any atom is 0.203 e. The Labute approximate surface area is 184 Å². The third-order valence-electron chi connectivity index (χ3n) is 5.56. The zero-order valence-corrected chi connectivity index (χ0v) is 19.0. The number of Topliss-reactive ketones (excluding diaryl/α,β-unsaturated/α-hetero) is 1. The summed E-state index contributed by atoms with van der Waals surface area (Å²) in [5.41, 5.74) is 4.12. The molecule has 0 aliphatic carbocycles. The number of benzene rings is 2. The molecule has 1 fully saturated rings. The Morgan fingerprint density at radius 1 is 1.03 bits per heavy atom. The molecule has 0 spiro atoms. The van der Waals surface area contributed by atoms with E-state index in [1.54, 1.807) is 21.3 Å². The largest absolute Gasteiger partial charge is 1.00 e. The summed E-state index contributed by atoms with van der Waals surface area (Å²) in [7, 11) is 4.80. The second kappa shape index (κ2) is 10.7. The first-order chi connectivity index (χ1) is 14.0. The Morgan fingerprint density at radius 3 is 2.27 bits per heavy atom. The van der Waals surface area contributed by atoms with Crippen LogP contribution < -0.4 is 31.5 Å². The number of ketones is 1. The molecule has 1 aliphatic heterocycles. The standard InChI is InChI=1S/C23H29NO5.ClH/c1-15-6-7-17(10-16(15)2)19(25)8-9-24-13-22(29-14-24)18-11-20(26-3)23(28-5)21(12-18)27-4;/h6-7,10-12,22H,8-9,13-14H2,1-5H3;1H. The third kappa shape index (κ3) is 5.25. The molecule has 164 valence electrons. The number of ether oxygens (including phenoxy) is 4. The summed E-state index contributed by atoms with van der Waals surface area (Å²) in [4.78, 5) is 13.8. The molecule has 1 heterocycles. The lowest BCUT2D eigenvalue weighted by molar-refractivity contribution is -0.896. The van der Waals surface area contributed by atoms with Crippen LogP contribution in [0.3, 0.4) is 0 Å². The number of methoxy groups -OCH3 is 3. The van der Waals surface area contributed by atoms with Crippen molar-refractivity contribution >= 4 is 5.78 Å². The predicted molar refractivity (Wildman–Crippen MR) is 110 cm³/mol. The summed E-state index contributed by atoms with van der Waals surface area (Å²) in [6, 6.07) is 9.75. The van der Waals surface area contributed by atoms with E-state index in [1.807, 2.05) is 37.3 Å². The van der Waals surface area contributed by atoms with Crippen molar-refractivity contribution < 1.29 is 41.0 Å². The highest BCUT2D eigenvalue weighted by atomic mass is 35.5. The molecule has 1 N–H and O–H groups in total. The highest BCUT2D eigenvalue weighted by molar-refractivity contribution is 5.96. The van der Waals surface area contributed by atoms with Gasteiger partial charge in [0.05, 0.1) is 34.3 Å². The summed E-state index contributed by atoms with van der Waals surface area (Å²) in [6.07, 6.45) is 0.429. The van der Waals surface area contributed by atoms with Crippen LogP contribution in [0.4, 0.5) is 0 Å². The van der Waals surface area contributed by atoms with Crippen molar-refractivity contribution in [2.75, 3.05) is 41.1 Å². The molecule has 0 amide bonds. The van der Waals surface area contributed by atoms with E-state index in [9.17, 15) is 4.79 Å². The molecule has 30 heavy (non-hydrogen) atoms. The van der Waals surface area contributed by atoms with Gasteiger partial charge in [-0.2, -0.15) is 0 Å². The second-order valence-corrected chi connectivity index (χ2v) is 7.43. The lowest BCUT2D eigenvalue weighted by Crippen LogP contribution is -3.10. The van der Waals surface area contributed by atoms with Gasteiger partial charge in [0.25, 0.3) is 0 Å². The minimum absolute atomic E-state index is 0. The van der Waals surface area contributed by atoms with Crippen LogP contribution in [-0.2, 0) is 4.74 Å². The Bertz CT molecular complexity index is 861. The van der Waals surface area contributed by atoms with Crippen molar-refractivity contribution in [3.63, 3.8) is 0 Å². The zero-order chi connectivity index (χ0) is 21.0. The number of rotatable bonds is 8. The second-order valence-electron chi connectivity index (χ2n) is 7.43. The molecule has 2 unspecified atom stereocenters. The van der Waals surface area contributed by atoms with E-state index >= 15 is 0 Å². The van der Waals surface area contributed by atoms with Crippen LogP contribution in [0.15, 0.2) is 30.3 Å². The molecule has 0 radical (unpaired) electrons. The van der Waals surface area contributed by atoms with E-state index in [0.717, 1.165) is 29.8 Å². The van der Waals surface area contributed by atoms with Gasteiger partial charge in [0, 0.05) is 5.56 Å². The fourth-order valence-corrected chi connectivity index (χ4v) is 3.62. The number of carbonyl (C=O) groups is 1. The normalized spacial score (nSPS) is 17.9. The monoisotopic (exact) mass is 435 g/mol. The first-order valence-corrected chi connectivity index (χ1v) is 9.82. The van der Waals surface area contributed by atoms with Crippen LogP contribution in [0, 0.1) is 13.8 Å². The highest BCUT2D eigenvalue weighted by Crippen LogP contribution is 2.40. The Kier molecular flexibility index (Phi) is 8.53. The summed E-state index contributed by atoms with van der Waals surface area (Å²) < 4.78 is 22.3. The Balaban J connectivity index is 0.00000320. The minimum atomic E-state index is -0.0737. The van der Waals surface area contributed by atoms with E-state index in [-0.39, 0.29) is 24.3 Å². The van der Waals surface area contributed by atoms with Gasteiger partial charge < -0.3 is 36.3 Å². The molecule has 2 aromatic rings. The lowest BCUT2D eigenvalue weighted by atomic mass is 10.0. The zero-order valence-electron chi connectivity index (χ0n) is 18.2. The van der Waals surface area contributed by atoms with E-state index in [1.165, 1.54) is 10.5 Å². The summed E-state index contributed by atoms with van der Waals surface area (Å²) in [6.45, 7) is 6.19. The number of hydrogen-bond acceptors (Lipinski definition) is 5. The number of hydrogen-bond donors (Lipinski definition) is 1. The molecule has 6 nitrogen and oxygen atoms in total. The smallest absolute Gasteiger partial charge is 0.203 e. The van der Waals surface area contributed by atoms with Crippen molar-refractivity contribution in [3.8, 4) is 17.2 Å². The van der Waals surface area contributed by atoms with Gasteiger partial charge in [0.2, 0.25) is 5.75 Å². The molecule has 1 aliphatic rings. The van der Waals surface area contributed by atoms with Gasteiger partial charge in [0.15, 0.2) is 24.0 Å². The summed E-state index contributed by atoms with van der Waals surface area (Å²) in [5.74, 6) is 1.98. The molecule has 3 rings (SSSR count). The van der Waals surface area contributed by atoms with E-state index in [2.05, 4.69) is 6.92 Å². The summed E-state index contributed by atoms with van der Waals surface area (Å²) in [5, 5.41) is 0. The topological polar surface area (TPSA) is 58.4 Å². The van der Waals surface area contributed by atoms with Crippen molar-refractivity contribution in [3.05, 3.63) is 52.6 Å². The third-order valence-corrected chi connectivity index (χ3v) is 5.56. The highest BCUT2D eigenvalue weighted by Gasteiger charge is 2.30. The molecule has 0 saturated carbocycles. The average Bonchev–Trinajstić information content (AvgIpc) is 3.21. The van der Waals surface area contributed by atoms with Crippen LogP contribution >= 0.6 is 0 Å². The quantitative estimate of drug-likeness (QED) is 0.568. The Hall–Kier alpha value is -2.28. The first kappa shape index (κ1) is 24.0. The van der Waals surface area contributed by atoms with Crippen LogP contribution in [0.5, 0.6) is 17.2 Å². The number of quaternary nitrogens is 1. The van der Waals surface area contributed by atoms with Crippen LogP contribution in [-0.4, -0.2) is 46.9 Å². The van der Waals surface area contributed by atoms with Gasteiger partial charge in [-0.05, 0) is 48.7 Å². The van der Waals surface area contributed by atoms with Crippen molar-refractivity contribution in [2.24, 2.45) is 0 Å². The number of halogens is 1. The molecule has 0 bridgehead atoms. The molecular weight excluding hydrogens is 406 g/mol. The van der Waals surface area contributed by atoms with Gasteiger partial charge in [-0.1, -0.05) is 12.1 Å². The van der Waals surface area contributed by atoms with Gasteiger partial charge in [-0.25, -0.2) is 0 Å². The first-order valence-electron chi connectivity index (χ1n) is 9.82. The van der Waals surface area contributed by atoms with Crippen LogP contribution in [0.25, 0.3) is 0 Å². The molecule has 2 atom stereocenters. The van der Waals surface area contributed by atoms with E-state index in [4.69, 9.17) is 18.9 Å². The molecule has 7 heteroatoms. The molecule has 0 aromatic heterocycles. The fraction of sp³-hybridized carbons (Fsp3) is 0.435. The van der Waals surface area contributed by atoms with Gasteiger partial charge in [0.1, 0.15) is 12.6 Å². The SMILES string of the molecule is COc1cc(C2C[NH+](CCC(=O)c3ccc(C)c(C)c3)CO2)cc(OC)c1OC.[Cl-]. The van der Waals surface area contributed by atoms with Crippen molar-refractivity contribution in [2.45, 2.75) is 26.4 Å². The fourth-order valence-electron chi connectivity index (χ4n) is 3.62. The lowest BCUT2D eigenvalue weighted by Gasteiger charge is -2.16. The number of carbonyl (C=O) groups excluding carboxylic acids is 1. The van der Waals surface area contributed by atoms with E-state index < -0.39 is 0 Å². The van der Waals surface area contributed by atoms with Gasteiger partial charge >= 0.3 is 0 Å². The molecular formula is C23H30ClNO5. The minimum Gasteiger partial charge on any atom is -1.00 e. The Morgan fingerprint density at radius 2 is 1.70 bits per heavy atom. The maximum atomic E-state index is 12.6. The van der Waals surface area contributed by atoms with Gasteiger partial charge in [-0.3, -0.25) is 4.79 Å². The predicted octanol–water partition coefficient (Wildman–Crippen LogP) is -0.480.